The highest BCUT2D eigenvalue weighted by Gasteiger charge is 2.21. The van der Waals surface area contributed by atoms with E-state index in [2.05, 4.69) is 16.8 Å². The normalized spacial score (nSPS) is 12.9. The first-order chi connectivity index (χ1) is 14.2. The Morgan fingerprint density at radius 1 is 1.07 bits per heavy atom. The highest BCUT2D eigenvalue weighted by molar-refractivity contribution is 7.10. The molecule has 0 fully saturated rings. The van der Waals surface area contributed by atoms with Crippen molar-refractivity contribution in [2.45, 2.75) is 19.5 Å². The van der Waals surface area contributed by atoms with Crippen LogP contribution in [0, 0.1) is 0 Å². The van der Waals surface area contributed by atoms with E-state index in [-0.39, 0.29) is 18.4 Å². The summed E-state index contributed by atoms with van der Waals surface area (Å²) in [5.41, 5.74) is 2.77. The molecule has 1 aromatic heterocycles. The molecule has 0 bridgehead atoms. The van der Waals surface area contributed by atoms with Crippen LogP contribution in [0.4, 0.5) is 0 Å². The molecule has 148 valence electrons. The zero-order chi connectivity index (χ0) is 20.1. The molecule has 1 N–H and O–H groups in total. The molecule has 2 heterocycles. The summed E-state index contributed by atoms with van der Waals surface area (Å²) >= 11 is 1.75. The predicted octanol–water partition coefficient (Wildman–Crippen LogP) is 3.64. The summed E-state index contributed by atoms with van der Waals surface area (Å²) in [6, 6.07) is 18.7. The molecule has 29 heavy (non-hydrogen) atoms. The predicted molar refractivity (Wildman–Crippen MR) is 113 cm³/mol. The Bertz CT molecular complexity index is 1000. The van der Waals surface area contributed by atoms with Crippen LogP contribution < -0.4 is 10.1 Å². The van der Waals surface area contributed by atoms with Crippen LogP contribution in [-0.4, -0.2) is 29.9 Å². The van der Waals surface area contributed by atoms with Gasteiger partial charge in [-0.15, -0.1) is 11.3 Å². The van der Waals surface area contributed by atoms with Crippen molar-refractivity contribution in [1.29, 1.82) is 0 Å². The Morgan fingerprint density at radius 2 is 1.93 bits per heavy atom. The van der Waals surface area contributed by atoms with E-state index in [0.717, 1.165) is 18.5 Å². The third-order valence-corrected chi connectivity index (χ3v) is 5.94. The Morgan fingerprint density at radius 3 is 2.79 bits per heavy atom. The number of thiophene rings is 1. The van der Waals surface area contributed by atoms with Gasteiger partial charge in [0.1, 0.15) is 5.75 Å². The standard InChI is InChI=1S/C23H22N2O3S/c26-22(25-11-9-21-19(15-25)10-12-29-21)16-28-20-8-4-7-18(13-20)23(27)24-14-17-5-2-1-3-6-17/h1-8,10,12-13H,9,11,14-16H2,(H,24,27). The monoisotopic (exact) mass is 406 g/mol. The average Bonchev–Trinajstić information content (AvgIpc) is 3.24. The SMILES string of the molecule is O=C(NCc1ccccc1)c1cccc(OCC(=O)N2CCc3sccc3C2)c1. The largest absolute Gasteiger partial charge is 0.484 e. The van der Waals surface area contributed by atoms with E-state index in [1.807, 2.05) is 35.2 Å². The Hall–Kier alpha value is -3.12. The fraction of sp³-hybridized carbons (Fsp3) is 0.217. The fourth-order valence-electron chi connectivity index (χ4n) is 3.31. The number of benzene rings is 2. The molecule has 0 aliphatic carbocycles. The van der Waals surface area contributed by atoms with Gasteiger partial charge >= 0.3 is 0 Å². The number of hydrogen-bond donors (Lipinski definition) is 1. The van der Waals surface area contributed by atoms with E-state index in [4.69, 9.17) is 4.74 Å². The lowest BCUT2D eigenvalue weighted by molar-refractivity contribution is -0.134. The number of hydrogen-bond acceptors (Lipinski definition) is 4. The number of fused-ring (bicyclic) bond motifs is 1. The van der Waals surface area contributed by atoms with Crippen molar-refractivity contribution in [2.75, 3.05) is 13.2 Å². The maximum atomic E-state index is 12.5. The number of nitrogens with zero attached hydrogens (tertiary/aromatic N) is 1. The van der Waals surface area contributed by atoms with Crippen molar-refractivity contribution < 1.29 is 14.3 Å². The minimum atomic E-state index is -0.174. The summed E-state index contributed by atoms with van der Waals surface area (Å²) < 4.78 is 5.68. The van der Waals surface area contributed by atoms with Crippen molar-refractivity contribution in [2.24, 2.45) is 0 Å². The van der Waals surface area contributed by atoms with Gasteiger partial charge < -0.3 is 15.0 Å². The first-order valence-corrected chi connectivity index (χ1v) is 10.4. The van der Waals surface area contributed by atoms with Crippen LogP contribution in [0.3, 0.4) is 0 Å². The van der Waals surface area contributed by atoms with E-state index in [0.29, 0.717) is 24.4 Å². The maximum Gasteiger partial charge on any atom is 0.260 e. The van der Waals surface area contributed by atoms with Crippen molar-refractivity contribution in [3.63, 3.8) is 0 Å². The molecule has 0 saturated heterocycles. The number of nitrogens with one attached hydrogen (secondary N) is 1. The fourth-order valence-corrected chi connectivity index (χ4v) is 4.19. The molecule has 2 amide bonds. The molecule has 3 aromatic rings. The summed E-state index contributed by atoms with van der Waals surface area (Å²) in [5, 5.41) is 4.97. The van der Waals surface area contributed by atoms with Crippen molar-refractivity contribution >= 4 is 23.2 Å². The minimum Gasteiger partial charge on any atom is -0.484 e. The summed E-state index contributed by atoms with van der Waals surface area (Å²) in [6.07, 6.45) is 0.899. The van der Waals surface area contributed by atoms with Gasteiger partial charge in [0, 0.05) is 30.1 Å². The molecule has 0 unspecified atom stereocenters. The summed E-state index contributed by atoms with van der Waals surface area (Å²) in [5.74, 6) is 0.298. The van der Waals surface area contributed by atoms with E-state index in [1.54, 1.807) is 35.6 Å². The topological polar surface area (TPSA) is 58.6 Å². The molecule has 0 saturated carbocycles. The molecule has 6 heteroatoms. The maximum absolute atomic E-state index is 12.5. The Labute approximate surface area is 173 Å². The lowest BCUT2D eigenvalue weighted by Gasteiger charge is -2.27. The third-order valence-electron chi connectivity index (χ3n) is 4.91. The quantitative estimate of drug-likeness (QED) is 0.680. The van der Waals surface area contributed by atoms with Crippen LogP contribution in [0.1, 0.15) is 26.4 Å². The number of carbonyl (C=O) groups excluding carboxylic acids is 2. The van der Waals surface area contributed by atoms with Crippen LogP contribution in [0.25, 0.3) is 0 Å². The highest BCUT2D eigenvalue weighted by atomic mass is 32.1. The summed E-state index contributed by atoms with van der Waals surface area (Å²) in [4.78, 5) is 28.1. The number of ether oxygens (including phenoxy) is 1. The molecular weight excluding hydrogens is 384 g/mol. The van der Waals surface area contributed by atoms with Gasteiger partial charge in [-0.05, 0) is 47.2 Å². The van der Waals surface area contributed by atoms with Gasteiger partial charge in [0.15, 0.2) is 6.61 Å². The van der Waals surface area contributed by atoms with Crippen LogP contribution in [-0.2, 0) is 24.3 Å². The molecule has 4 rings (SSSR count). The van der Waals surface area contributed by atoms with Crippen molar-refractivity contribution in [1.82, 2.24) is 10.2 Å². The molecular formula is C23H22N2O3S. The first-order valence-electron chi connectivity index (χ1n) is 9.57. The van der Waals surface area contributed by atoms with E-state index in [1.165, 1.54) is 10.4 Å². The number of amides is 2. The second-order valence-electron chi connectivity index (χ2n) is 6.92. The third kappa shape index (κ3) is 4.84. The second-order valence-corrected chi connectivity index (χ2v) is 7.92. The van der Waals surface area contributed by atoms with Gasteiger partial charge in [-0.2, -0.15) is 0 Å². The van der Waals surface area contributed by atoms with Crippen molar-refractivity contribution in [3.05, 3.63) is 87.6 Å². The van der Waals surface area contributed by atoms with Gasteiger partial charge in [-0.1, -0.05) is 36.4 Å². The molecule has 0 spiro atoms. The summed E-state index contributed by atoms with van der Waals surface area (Å²) in [6.45, 7) is 1.79. The van der Waals surface area contributed by atoms with Crippen molar-refractivity contribution in [3.8, 4) is 5.75 Å². The number of rotatable bonds is 6. The highest BCUT2D eigenvalue weighted by Crippen LogP contribution is 2.24. The van der Waals surface area contributed by atoms with E-state index >= 15 is 0 Å². The molecule has 0 atom stereocenters. The van der Waals surface area contributed by atoms with Gasteiger partial charge in [-0.3, -0.25) is 9.59 Å². The van der Waals surface area contributed by atoms with E-state index in [9.17, 15) is 9.59 Å². The zero-order valence-corrected chi connectivity index (χ0v) is 16.8. The lowest BCUT2D eigenvalue weighted by atomic mass is 10.1. The molecule has 0 radical (unpaired) electrons. The Kier molecular flexibility index (Phi) is 5.91. The van der Waals surface area contributed by atoms with Crippen LogP contribution >= 0.6 is 11.3 Å². The van der Waals surface area contributed by atoms with Crippen LogP contribution in [0.15, 0.2) is 66.0 Å². The smallest absolute Gasteiger partial charge is 0.260 e. The number of carbonyl (C=O) groups is 2. The summed E-state index contributed by atoms with van der Waals surface area (Å²) in [7, 11) is 0. The molecule has 1 aliphatic rings. The average molecular weight is 407 g/mol. The molecule has 5 nitrogen and oxygen atoms in total. The van der Waals surface area contributed by atoms with Gasteiger partial charge in [0.2, 0.25) is 0 Å². The zero-order valence-electron chi connectivity index (χ0n) is 16.0. The molecule has 2 aromatic carbocycles. The lowest BCUT2D eigenvalue weighted by Crippen LogP contribution is -2.38. The van der Waals surface area contributed by atoms with Crippen LogP contribution in [0.5, 0.6) is 5.75 Å². The van der Waals surface area contributed by atoms with Gasteiger partial charge in [0.25, 0.3) is 11.8 Å². The molecule has 1 aliphatic heterocycles. The first kappa shape index (κ1) is 19.2. The van der Waals surface area contributed by atoms with E-state index < -0.39 is 0 Å². The second kappa shape index (κ2) is 8.92. The minimum absolute atomic E-state index is 0.0332. The van der Waals surface area contributed by atoms with Gasteiger partial charge in [0.05, 0.1) is 0 Å². The Balaban J connectivity index is 1.30. The van der Waals surface area contributed by atoms with Gasteiger partial charge in [-0.25, -0.2) is 0 Å². The van der Waals surface area contributed by atoms with Crippen LogP contribution in [0.2, 0.25) is 0 Å².